The molecule has 1 aliphatic heterocycles. The van der Waals surface area contributed by atoms with Gasteiger partial charge in [-0.2, -0.15) is 13.2 Å². The Morgan fingerprint density at radius 1 is 1.15 bits per heavy atom. The molecule has 11 heteroatoms. The maximum Gasteiger partial charge on any atom is 0.451 e. The Morgan fingerprint density at radius 3 is 2.59 bits per heavy atom. The summed E-state index contributed by atoms with van der Waals surface area (Å²) in [5.41, 5.74) is 0.753. The zero-order chi connectivity index (χ0) is 19.2. The zero-order valence-electron chi connectivity index (χ0n) is 13.6. The molecule has 0 radical (unpaired) electrons. The van der Waals surface area contributed by atoms with Crippen molar-refractivity contribution < 1.29 is 22.5 Å². The lowest BCUT2D eigenvalue weighted by Crippen LogP contribution is -2.39. The van der Waals surface area contributed by atoms with Gasteiger partial charge in [-0.15, -0.1) is 10.2 Å². The van der Waals surface area contributed by atoms with Crippen LogP contribution in [0, 0.1) is 0 Å². The van der Waals surface area contributed by atoms with Crippen LogP contribution in [-0.4, -0.2) is 37.3 Å². The molecule has 27 heavy (non-hydrogen) atoms. The molecule has 7 nitrogen and oxygen atoms in total. The first-order chi connectivity index (χ1) is 12.8. The van der Waals surface area contributed by atoms with E-state index in [0.717, 1.165) is 4.57 Å². The van der Waals surface area contributed by atoms with Gasteiger partial charge in [-0.3, -0.25) is 4.79 Å². The Labute approximate surface area is 155 Å². The number of rotatable bonds is 2. The molecule has 0 saturated carbocycles. The van der Waals surface area contributed by atoms with Gasteiger partial charge in [0.2, 0.25) is 5.82 Å². The van der Waals surface area contributed by atoms with Gasteiger partial charge in [-0.05, 0) is 24.3 Å². The highest BCUT2D eigenvalue weighted by molar-refractivity contribution is 6.30. The lowest BCUT2D eigenvalue weighted by Gasteiger charge is -2.27. The van der Waals surface area contributed by atoms with Crippen molar-refractivity contribution in [3.8, 4) is 11.3 Å². The smallest absolute Gasteiger partial charge is 0.355 e. The molecule has 1 aliphatic rings. The van der Waals surface area contributed by atoms with Crippen LogP contribution in [0.3, 0.4) is 0 Å². The second-order valence-electron chi connectivity index (χ2n) is 5.90. The largest absolute Gasteiger partial charge is 0.451 e. The van der Waals surface area contributed by atoms with Crippen LogP contribution in [0.25, 0.3) is 11.3 Å². The minimum atomic E-state index is -4.59. The topological polar surface area (TPSA) is 77.0 Å². The van der Waals surface area contributed by atoms with Gasteiger partial charge < -0.3 is 14.0 Å². The standard InChI is InChI=1S/C16H11ClF3N5O2/c17-10-3-1-9(2-4-10)12-7-11(23-27-12)14(26)24-5-6-25-13(8-24)21-22-15(25)16(18,19)20/h1-4,7H,5-6,8H2. The van der Waals surface area contributed by atoms with Crippen LogP contribution in [0.2, 0.25) is 5.02 Å². The van der Waals surface area contributed by atoms with Crippen molar-refractivity contribution in [2.45, 2.75) is 19.3 Å². The van der Waals surface area contributed by atoms with Crippen molar-refractivity contribution in [1.82, 2.24) is 24.8 Å². The molecule has 4 rings (SSSR count). The molecular weight excluding hydrogens is 387 g/mol. The first kappa shape index (κ1) is 17.5. The van der Waals surface area contributed by atoms with Crippen LogP contribution < -0.4 is 0 Å². The predicted octanol–water partition coefficient (Wildman–Crippen LogP) is 3.26. The lowest BCUT2D eigenvalue weighted by molar-refractivity contribution is -0.147. The summed E-state index contributed by atoms with van der Waals surface area (Å²) in [5.74, 6) is -1.06. The molecule has 1 amide bonds. The molecule has 2 aromatic heterocycles. The second kappa shape index (κ2) is 6.38. The Morgan fingerprint density at radius 2 is 1.89 bits per heavy atom. The van der Waals surface area contributed by atoms with Gasteiger partial charge in [0.15, 0.2) is 17.3 Å². The van der Waals surface area contributed by atoms with Crippen LogP contribution in [0.1, 0.15) is 22.1 Å². The van der Waals surface area contributed by atoms with Crippen molar-refractivity contribution >= 4 is 17.5 Å². The van der Waals surface area contributed by atoms with Gasteiger partial charge in [0.05, 0.1) is 6.54 Å². The fourth-order valence-corrected chi connectivity index (χ4v) is 2.95. The quantitative estimate of drug-likeness (QED) is 0.663. The molecule has 0 saturated heterocycles. The molecule has 0 fully saturated rings. The average molecular weight is 398 g/mol. The van der Waals surface area contributed by atoms with E-state index in [1.807, 2.05) is 0 Å². The third-order valence-electron chi connectivity index (χ3n) is 4.15. The molecule has 0 unspecified atom stereocenters. The van der Waals surface area contributed by atoms with Crippen LogP contribution in [0.4, 0.5) is 13.2 Å². The van der Waals surface area contributed by atoms with Crippen LogP contribution >= 0.6 is 11.6 Å². The number of carbonyl (C=O) groups excluding carboxylic acids is 1. The van der Waals surface area contributed by atoms with Crippen molar-refractivity contribution in [1.29, 1.82) is 0 Å². The Bertz CT molecular complexity index is 996. The maximum atomic E-state index is 12.9. The fraction of sp³-hybridized carbons (Fsp3) is 0.250. The summed E-state index contributed by atoms with van der Waals surface area (Å²) in [6.07, 6.45) is -4.59. The van der Waals surface area contributed by atoms with E-state index in [9.17, 15) is 18.0 Å². The number of halogens is 4. The van der Waals surface area contributed by atoms with E-state index < -0.39 is 17.9 Å². The highest BCUT2D eigenvalue weighted by Crippen LogP contribution is 2.30. The summed E-state index contributed by atoms with van der Waals surface area (Å²) in [4.78, 5) is 14.0. The molecule has 1 aromatic carbocycles. The Kier molecular flexibility index (Phi) is 4.14. The Balaban J connectivity index is 1.53. The summed E-state index contributed by atoms with van der Waals surface area (Å²) in [5, 5.41) is 11.1. The summed E-state index contributed by atoms with van der Waals surface area (Å²) >= 11 is 5.84. The van der Waals surface area contributed by atoms with Crippen molar-refractivity contribution in [2.75, 3.05) is 6.54 Å². The minimum Gasteiger partial charge on any atom is -0.355 e. The summed E-state index contributed by atoms with van der Waals surface area (Å²) in [6.45, 7) is -0.0635. The lowest BCUT2D eigenvalue weighted by atomic mass is 10.1. The highest BCUT2D eigenvalue weighted by Gasteiger charge is 2.40. The maximum absolute atomic E-state index is 12.9. The fourth-order valence-electron chi connectivity index (χ4n) is 2.83. The number of aromatic nitrogens is 4. The number of amides is 1. The number of hydrogen-bond donors (Lipinski definition) is 0. The number of nitrogens with zero attached hydrogens (tertiary/aromatic N) is 5. The van der Waals surface area contributed by atoms with Crippen molar-refractivity contribution in [2.24, 2.45) is 0 Å². The van der Waals surface area contributed by atoms with E-state index in [2.05, 4.69) is 15.4 Å². The monoisotopic (exact) mass is 397 g/mol. The van der Waals surface area contributed by atoms with E-state index in [4.69, 9.17) is 16.1 Å². The zero-order valence-corrected chi connectivity index (χ0v) is 14.3. The normalized spacial score (nSPS) is 14.3. The molecule has 0 atom stereocenters. The first-order valence-electron chi connectivity index (χ1n) is 7.84. The number of benzene rings is 1. The molecule has 140 valence electrons. The van der Waals surface area contributed by atoms with Crippen LogP contribution in [-0.2, 0) is 19.3 Å². The number of fused-ring (bicyclic) bond motifs is 1. The van der Waals surface area contributed by atoms with E-state index in [0.29, 0.717) is 16.3 Å². The molecule has 0 N–H and O–H groups in total. The van der Waals surface area contributed by atoms with Crippen molar-refractivity contribution in [3.63, 3.8) is 0 Å². The average Bonchev–Trinajstić information content (AvgIpc) is 3.28. The van der Waals surface area contributed by atoms with Crippen molar-refractivity contribution in [3.05, 3.63) is 52.7 Å². The van der Waals surface area contributed by atoms with E-state index in [-0.39, 0.29) is 31.2 Å². The van der Waals surface area contributed by atoms with E-state index >= 15 is 0 Å². The minimum absolute atomic E-state index is 0.0508. The summed E-state index contributed by atoms with van der Waals surface area (Å²) < 4.78 is 44.8. The number of alkyl halides is 3. The number of hydrogen-bond acceptors (Lipinski definition) is 5. The number of carbonyl (C=O) groups is 1. The van der Waals surface area contributed by atoms with E-state index in [1.54, 1.807) is 24.3 Å². The Hall–Kier alpha value is -2.88. The molecule has 0 aliphatic carbocycles. The first-order valence-corrected chi connectivity index (χ1v) is 8.22. The third kappa shape index (κ3) is 3.27. The molecule has 3 heterocycles. The van der Waals surface area contributed by atoms with Crippen LogP contribution in [0.5, 0.6) is 0 Å². The summed E-state index contributed by atoms with van der Waals surface area (Å²) in [6, 6.07) is 8.28. The predicted molar refractivity (Wildman–Crippen MR) is 86.7 cm³/mol. The van der Waals surface area contributed by atoms with Gasteiger partial charge in [0.25, 0.3) is 5.91 Å². The SMILES string of the molecule is O=C(c1cc(-c2ccc(Cl)cc2)on1)N1CCn2c(nnc2C(F)(F)F)C1. The second-order valence-corrected chi connectivity index (χ2v) is 6.34. The van der Waals surface area contributed by atoms with Gasteiger partial charge in [-0.25, -0.2) is 0 Å². The van der Waals surface area contributed by atoms with Gasteiger partial charge in [0.1, 0.15) is 0 Å². The molecule has 0 spiro atoms. The van der Waals surface area contributed by atoms with Gasteiger partial charge >= 0.3 is 6.18 Å². The third-order valence-corrected chi connectivity index (χ3v) is 4.40. The van der Waals surface area contributed by atoms with Gasteiger partial charge in [-0.1, -0.05) is 16.8 Å². The van der Waals surface area contributed by atoms with Crippen LogP contribution in [0.15, 0.2) is 34.9 Å². The summed E-state index contributed by atoms with van der Waals surface area (Å²) in [7, 11) is 0. The molecule has 3 aromatic rings. The highest BCUT2D eigenvalue weighted by atomic mass is 35.5. The molecular formula is C16H11ClF3N5O2. The molecule has 0 bridgehead atoms. The van der Waals surface area contributed by atoms with E-state index in [1.165, 1.54) is 11.0 Å². The van der Waals surface area contributed by atoms with Gasteiger partial charge in [0, 0.05) is 29.7 Å².